The van der Waals surface area contributed by atoms with Gasteiger partial charge in [0.05, 0.1) is 35.3 Å². The van der Waals surface area contributed by atoms with E-state index >= 15 is 0 Å². The van der Waals surface area contributed by atoms with Crippen molar-refractivity contribution >= 4 is 11.8 Å². The summed E-state index contributed by atoms with van der Waals surface area (Å²) in [6.07, 6.45) is 0. The van der Waals surface area contributed by atoms with Gasteiger partial charge in [-0.2, -0.15) is 21.0 Å². The fourth-order valence-corrected chi connectivity index (χ4v) is 2.24. The Balaban J connectivity index is 3.74. The molecule has 0 aromatic heterocycles. The minimum atomic E-state index is -2.26. The third-order valence-corrected chi connectivity index (χ3v) is 3.62. The van der Waals surface area contributed by atoms with Gasteiger partial charge in [0.15, 0.2) is 0 Å². The molecule has 0 radical (unpaired) electrons. The Morgan fingerprint density at radius 1 is 0.625 bits per heavy atom. The third-order valence-electron chi connectivity index (χ3n) is 3.62. The minimum absolute atomic E-state index is 0.0433. The summed E-state index contributed by atoms with van der Waals surface area (Å²) in [6.45, 7) is 0. The smallest absolute Gasteiger partial charge is 0.296 e. The summed E-state index contributed by atoms with van der Waals surface area (Å²) < 4.78 is 9.63. The second-order valence-electron chi connectivity index (χ2n) is 5.04. The second kappa shape index (κ2) is 12.3. The largest absolute Gasteiger partial charge is 0.481 e. The Morgan fingerprint density at radius 3 is 1.06 bits per heavy atom. The lowest BCUT2D eigenvalue weighted by Crippen LogP contribution is -2.34. The molecule has 0 saturated carbocycles. The molecule has 0 aliphatic carbocycles. The lowest BCUT2D eigenvalue weighted by molar-refractivity contribution is -0.256. The molecule has 0 heterocycles. The molecule has 0 aliphatic rings. The molecule has 0 bridgehead atoms. The van der Waals surface area contributed by atoms with Crippen molar-refractivity contribution in [1.82, 2.24) is 0 Å². The van der Waals surface area contributed by atoms with Crippen LogP contribution < -0.4 is 0 Å². The van der Waals surface area contributed by atoms with E-state index in [1.54, 1.807) is 0 Å². The average Bonchev–Trinajstić information content (AvgIpc) is 2.84. The van der Waals surface area contributed by atoms with Gasteiger partial charge in [-0.15, -0.1) is 20.5 Å². The maximum Gasteiger partial charge on any atom is 0.296 e. The molecule has 174 valence electrons. The van der Waals surface area contributed by atoms with Crippen LogP contribution >= 0.6 is 0 Å². The van der Waals surface area contributed by atoms with Crippen LogP contribution in [0.4, 0.5) is 0 Å². The van der Waals surface area contributed by atoms with Crippen LogP contribution in [0.1, 0.15) is 11.1 Å². The number of nitrogens with zero attached hydrogens (tertiary/aromatic N) is 8. The van der Waals surface area contributed by atoms with Gasteiger partial charge in [0, 0.05) is 11.1 Å². The zero-order chi connectivity index (χ0) is 24.0. The molecule has 0 spiro atoms. The first-order valence-electron chi connectivity index (χ1n) is 7.70. The molecule has 20 heteroatoms. The van der Waals surface area contributed by atoms with Gasteiger partial charge in [-0.1, -0.05) is 24.3 Å². The highest BCUT2D eigenvalue weighted by Gasteiger charge is 2.44. The molecule has 0 unspecified atom stereocenters. The van der Waals surface area contributed by atoms with Gasteiger partial charge >= 0.3 is 0 Å². The van der Waals surface area contributed by atoms with Gasteiger partial charge in [0.1, 0.15) is 0 Å². The SMILES string of the molecule is COC(=N)C(N=NOO)(N=NOO)c1ccc(C(N=NOO)(N=NOO)C(=N)OC)cc1. The van der Waals surface area contributed by atoms with Crippen molar-refractivity contribution < 1.29 is 50.5 Å². The van der Waals surface area contributed by atoms with Crippen molar-refractivity contribution in [3.05, 3.63) is 35.4 Å². The average molecular weight is 460 g/mol. The first kappa shape index (κ1) is 25.6. The van der Waals surface area contributed by atoms with Crippen LogP contribution in [-0.2, 0) is 40.8 Å². The van der Waals surface area contributed by atoms with E-state index in [4.69, 9.17) is 41.3 Å². The van der Waals surface area contributed by atoms with Crippen LogP contribution in [0.25, 0.3) is 0 Å². The topological polar surface area (TPSA) is 283 Å². The van der Waals surface area contributed by atoms with Gasteiger partial charge in [-0.25, -0.2) is 20.0 Å². The molecule has 1 aromatic carbocycles. The Labute approximate surface area is 176 Å². The quantitative estimate of drug-likeness (QED) is 0.0870. The number of rotatable bonds is 12. The summed E-state index contributed by atoms with van der Waals surface area (Å²) >= 11 is 0. The summed E-state index contributed by atoms with van der Waals surface area (Å²) in [6, 6.07) is 4.83. The van der Waals surface area contributed by atoms with E-state index in [1.807, 2.05) is 0 Å². The number of methoxy groups -OCH3 is 2. The first-order valence-corrected chi connectivity index (χ1v) is 7.70. The van der Waals surface area contributed by atoms with Crippen LogP contribution in [0, 0.1) is 10.8 Å². The van der Waals surface area contributed by atoms with E-state index in [2.05, 4.69) is 61.5 Å². The molecule has 1 aromatic rings. The summed E-state index contributed by atoms with van der Waals surface area (Å²) in [5.41, 5.74) is -4.61. The van der Waals surface area contributed by atoms with Crippen molar-refractivity contribution in [2.75, 3.05) is 14.2 Å². The molecule has 0 aliphatic heterocycles. The zero-order valence-corrected chi connectivity index (χ0v) is 16.1. The Morgan fingerprint density at radius 2 is 0.875 bits per heavy atom. The summed E-state index contributed by atoms with van der Waals surface area (Å²) in [4.78, 5) is 14.1. The molecule has 0 atom stereocenters. The second-order valence-corrected chi connectivity index (χ2v) is 5.04. The lowest BCUT2D eigenvalue weighted by Gasteiger charge is -2.24. The van der Waals surface area contributed by atoms with Gasteiger partial charge < -0.3 is 9.47 Å². The van der Waals surface area contributed by atoms with Gasteiger partial charge in [-0.05, 0) is 0 Å². The van der Waals surface area contributed by atoms with Gasteiger partial charge in [-0.3, -0.25) is 10.8 Å². The summed E-state index contributed by atoms with van der Waals surface area (Å²) in [5.74, 6) is -1.44. The molecule has 20 nitrogen and oxygen atoms in total. The van der Waals surface area contributed by atoms with E-state index in [0.717, 1.165) is 14.2 Å². The highest BCUT2D eigenvalue weighted by molar-refractivity contribution is 5.86. The van der Waals surface area contributed by atoms with Crippen molar-refractivity contribution in [3.8, 4) is 0 Å². The molecule has 0 amide bonds. The molecular formula is C12H16N10O10. The van der Waals surface area contributed by atoms with E-state index in [1.165, 1.54) is 24.3 Å². The van der Waals surface area contributed by atoms with Crippen LogP contribution in [0.3, 0.4) is 0 Å². The first-order chi connectivity index (χ1) is 15.4. The van der Waals surface area contributed by atoms with Gasteiger partial charge in [0.2, 0.25) is 11.8 Å². The number of hydrogen-bond donors (Lipinski definition) is 6. The zero-order valence-electron chi connectivity index (χ0n) is 16.1. The monoisotopic (exact) mass is 460 g/mol. The van der Waals surface area contributed by atoms with Crippen LogP contribution in [-0.4, -0.2) is 47.0 Å². The lowest BCUT2D eigenvalue weighted by atomic mass is 9.94. The Hall–Kier alpha value is -4.40. The fourth-order valence-electron chi connectivity index (χ4n) is 2.24. The molecule has 0 fully saturated rings. The Kier molecular flexibility index (Phi) is 9.88. The maximum absolute atomic E-state index is 8.49. The number of nitrogens with one attached hydrogen (secondary N) is 2. The maximum atomic E-state index is 8.49. The molecular weight excluding hydrogens is 444 g/mol. The number of ether oxygens (including phenoxy) is 2. The molecule has 6 N–H and O–H groups in total. The Bertz CT molecular complexity index is 775. The summed E-state index contributed by atoms with van der Waals surface area (Å²) in [5, 5.41) is 75.4. The van der Waals surface area contributed by atoms with Crippen LogP contribution in [0.5, 0.6) is 0 Å². The van der Waals surface area contributed by atoms with Crippen LogP contribution in [0.15, 0.2) is 65.8 Å². The summed E-state index contributed by atoms with van der Waals surface area (Å²) in [7, 11) is 2.18. The molecule has 32 heavy (non-hydrogen) atoms. The van der Waals surface area contributed by atoms with Gasteiger partial charge in [0.25, 0.3) is 11.3 Å². The minimum Gasteiger partial charge on any atom is -0.481 e. The number of hydrogen-bond acceptors (Lipinski definition) is 20. The highest BCUT2D eigenvalue weighted by Crippen LogP contribution is 2.35. The van der Waals surface area contributed by atoms with Crippen molar-refractivity contribution in [1.29, 1.82) is 10.8 Å². The van der Waals surface area contributed by atoms with Crippen molar-refractivity contribution in [2.45, 2.75) is 11.3 Å². The fraction of sp³-hybridized carbons (Fsp3) is 0.333. The standard InChI is InChI=1S/C12H16N10O10/c1-27-9(13)11(15-19-29-23,16-20-30-24)7-3-5-8(6-4-7)12(10(14)28-2,17-21-31-25)18-22-32-26/h3-6,13-14,23-26H,1-2H3. The van der Waals surface area contributed by atoms with Crippen molar-refractivity contribution in [3.63, 3.8) is 0 Å². The third kappa shape index (κ3) is 5.39. The predicted octanol–water partition coefficient (Wildman–Crippen LogP) is 2.67. The van der Waals surface area contributed by atoms with E-state index in [0.29, 0.717) is 0 Å². The number of benzene rings is 1. The van der Waals surface area contributed by atoms with Crippen molar-refractivity contribution in [2.24, 2.45) is 41.6 Å². The van der Waals surface area contributed by atoms with E-state index in [-0.39, 0.29) is 11.1 Å². The van der Waals surface area contributed by atoms with Crippen LogP contribution in [0.2, 0.25) is 0 Å². The van der Waals surface area contributed by atoms with E-state index < -0.39 is 23.1 Å². The predicted molar refractivity (Wildman–Crippen MR) is 93.5 cm³/mol. The molecule has 1 rings (SSSR count). The molecule has 0 saturated heterocycles. The van der Waals surface area contributed by atoms with E-state index in [9.17, 15) is 0 Å². The highest BCUT2D eigenvalue weighted by atomic mass is 17.2. The normalized spacial score (nSPS) is 15.4.